The Balaban J connectivity index is 2.11. The molecular weight excluding hydrogens is 303 g/mol. The number of aromatic carboxylic acids is 1. The number of halogens is 2. The van der Waals surface area contributed by atoms with Crippen LogP contribution < -0.4 is 4.74 Å². The summed E-state index contributed by atoms with van der Waals surface area (Å²) in [7, 11) is 0. The van der Waals surface area contributed by atoms with Gasteiger partial charge in [0.15, 0.2) is 0 Å². The van der Waals surface area contributed by atoms with Crippen LogP contribution in [0.4, 0.5) is 0 Å². The maximum atomic E-state index is 10.8. The Hall–Kier alpha value is -1.91. The second-order valence-electron chi connectivity index (χ2n) is 4.01. The van der Waals surface area contributed by atoms with Gasteiger partial charge in [-0.05, 0) is 24.3 Å². The molecule has 0 aliphatic rings. The van der Waals surface area contributed by atoms with E-state index in [-0.39, 0.29) is 17.9 Å². The SMILES string of the molecule is O=C(O)c1ccc(OCc2ccc(Cl)cc2Cl)cc1O. The minimum atomic E-state index is -1.20. The summed E-state index contributed by atoms with van der Waals surface area (Å²) >= 11 is 11.8. The zero-order chi connectivity index (χ0) is 14.7. The first-order chi connectivity index (χ1) is 9.47. The second-order valence-corrected chi connectivity index (χ2v) is 4.85. The number of phenols is 1. The molecule has 0 saturated carbocycles. The first-order valence-electron chi connectivity index (χ1n) is 5.60. The molecule has 2 aromatic rings. The molecule has 104 valence electrons. The highest BCUT2D eigenvalue weighted by molar-refractivity contribution is 6.35. The summed E-state index contributed by atoms with van der Waals surface area (Å²) in [5.41, 5.74) is 0.555. The zero-order valence-corrected chi connectivity index (χ0v) is 11.6. The van der Waals surface area contributed by atoms with E-state index in [4.69, 9.17) is 33.0 Å². The van der Waals surface area contributed by atoms with Gasteiger partial charge < -0.3 is 14.9 Å². The molecule has 0 atom stereocenters. The van der Waals surface area contributed by atoms with Crippen LogP contribution >= 0.6 is 23.2 Å². The van der Waals surface area contributed by atoms with Gasteiger partial charge in [0.1, 0.15) is 23.7 Å². The molecule has 4 nitrogen and oxygen atoms in total. The molecule has 0 fully saturated rings. The van der Waals surface area contributed by atoms with Crippen molar-refractivity contribution < 1.29 is 19.7 Å². The zero-order valence-electron chi connectivity index (χ0n) is 10.1. The normalized spacial score (nSPS) is 10.3. The van der Waals surface area contributed by atoms with E-state index in [1.807, 2.05) is 0 Å². The van der Waals surface area contributed by atoms with Crippen molar-refractivity contribution in [3.63, 3.8) is 0 Å². The predicted molar refractivity (Wildman–Crippen MR) is 75.9 cm³/mol. The van der Waals surface area contributed by atoms with E-state index in [9.17, 15) is 9.90 Å². The quantitative estimate of drug-likeness (QED) is 0.896. The van der Waals surface area contributed by atoms with Gasteiger partial charge in [0, 0.05) is 21.7 Å². The number of aromatic hydroxyl groups is 1. The summed E-state index contributed by atoms with van der Waals surface area (Å²) in [5, 5.41) is 19.3. The van der Waals surface area contributed by atoms with Crippen LogP contribution in [0.1, 0.15) is 15.9 Å². The lowest BCUT2D eigenvalue weighted by molar-refractivity contribution is 0.0693. The molecule has 0 heterocycles. The standard InChI is InChI=1S/C14H10Cl2O4/c15-9-2-1-8(12(16)5-9)7-20-10-3-4-11(14(18)19)13(17)6-10/h1-6,17H,7H2,(H,18,19). The third-order valence-electron chi connectivity index (χ3n) is 2.61. The van der Waals surface area contributed by atoms with Gasteiger partial charge >= 0.3 is 5.97 Å². The van der Waals surface area contributed by atoms with E-state index in [2.05, 4.69) is 0 Å². The van der Waals surface area contributed by atoms with Crippen molar-refractivity contribution in [1.29, 1.82) is 0 Å². The lowest BCUT2D eigenvalue weighted by atomic mass is 10.2. The fourth-order valence-corrected chi connectivity index (χ4v) is 2.04. The molecule has 0 saturated heterocycles. The van der Waals surface area contributed by atoms with Crippen molar-refractivity contribution in [3.05, 3.63) is 57.6 Å². The highest BCUT2D eigenvalue weighted by Gasteiger charge is 2.10. The molecule has 2 N–H and O–H groups in total. The number of hydrogen-bond donors (Lipinski definition) is 2. The molecule has 0 radical (unpaired) electrons. The Morgan fingerprint density at radius 1 is 1.15 bits per heavy atom. The van der Waals surface area contributed by atoms with Crippen LogP contribution in [0.25, 0.3) is 0 Å². The van der Waals surface area contributed by atoms with Gasteiger partial charge in [-0.25, -0.2) is 4.79 Å². The van der Waals surface area contributed by atoms with E-state index in [0.717, 1.165) is 5.56 Å². The van der Waals surface area contributed by atoms with Crippen LogP contribution in [-0.4, -0.2) is 16.2 Å². The van der Waals surface area contributed by atoms with Crippen LogP contribution in [0.15, 0.2) is 36.4 Å². The number of carbonyl (C=O) groups is 1. The molecule has 0 aromatic heterocycles. The molecule has 0 aliphatic heterocycles. The van der Waals surface area contributed by atoms with Crippen LogP contribution in [-0.2, 0) is 6.61 Å². The Morgan fingerprint density at radius 2 is 1.90 bits per heavy atom. The number of benzene rings is 2. The molecular formula is C14H10Cl2O4. The summed E-state index contributed by atoms with van der Waals surface area (Å²) < 4.78 is 5.45. The third kappa shape index (κ3) is 3.35. The average Bonchev–Trinajstić information content (AvgIpc) is 2.37. The molecule has 0 bridgehead atoms. The largest absolute Gasteiger partial charge is 0.507 e. The van der Waals surface area contributed by atoms with E-state index >= 15 is 0 Å². The monoisotopic (exact) mass is 312 g/mol. The molecule has 20 heavy (non-hydrogen) atoms. The average molecular weight is 313 g/mol. The second kappa shape index (κ2) is 6.03. The fourth-order valence-electron chi connectivity index (χ4n) is 1.58. The Morgan fingerprint density at radius 3 is 2.50 bits per heavy atom. The number of ether oxygens (including phenoxy) is 1. The Kier molecular flexibility index (Phi) is 4.37. The predicted octanol–water partition coefficient (Wildman–Crippen LogP) is 3.98. The van der Waals surface area contributed by atoms with Gasteiger partial charge in [0.2, 0.25) is 0 Å². The van der Waals surface area contributed by atoms with Gasteiger partial charge in [-0.15, -0.1) is 0 Å². The van der Waals surface area contributed by atoms with Crippen molar-refractivity contribution >= 4 is 29.2 Å². The maximum Gasteiger partial charge on any atom is 0.339 e. The van der Waals surface area contributed by atoms with Crippen molar-refractivity contribution in [3.8, 4) is 11.5 Å². The van der Waals surface area contributed by atoms with Gasteiger partial charge in [-0.1, -0.05) is 29.3 Å². The van der Waals surface area contributed by atoms with Gasteiger partial charge in [-0.2, -0.15) is 0 Å². The summed E-state index contributed by atoms with van der Waals surface area (Å²) in [6.45, 7) is 0.182. The smallest absolute Gasteiger partial charge is 0.339 e. The van der Waals surface area contributed by atoms with E-state index < -0.39 is 5.97 Å². The fraction of sp³-hybridized carbons (Fsp3) is 0.0714. The topological polar surface area (TPSA) is 66.8 Å². The van der Waals surface area contributed by atoms with E-state index in [0.29, 0.717) is 15.8 Å². The number of hydrogen-bond acceptors (Lipinski definition) is 3. The summed E-state index contributed by atoms with van der Waals surface area (Å²) in [6.07, 6.45) is 0. The number of rotatable bonds is 4. The van der Waals surface area contributed by atoms with Crippen molar-refractivity contribution in [2.75, 3.05) is 0 Å². The summed E-state index contributed by atoms with van der Waals surface area (Å²) in [5.74, 6) is -1.20. The van der Waals surface area contributed by atoms with Crippen molar-refractivity contribution in [1.82, 2.24) is 0 Å². The minimum Gasteiger partial charge on any atom is -0.507 e. The van der Waals surface area contributed by atoms with Crippen LogP contribution in [0.2, 0.25) is 10.0 Å². The third-order valence-corrected chi connectivity index (χ3v) is 3.20. The summed E-state index contributed by atoms with van der Waals surface area (Å²) in [6, 6.07) is 9.01. The molecule has 0 unspecified atom stereocenters. The van der Waals surface area contributed by atoms with Gasteiger partial charge in [0.25, 0.3) is 0 Å². The summed E-state index contributed by atoms with van der Waals surface area (Å²) in [4.78, 5) is 10.8. The highest BCUT2D eigenvalue weighted by Crippen LogP contribution is 2.26. The first kappa shape index (κ1) is 14.5. The number of carboxylic acids is 1. The number of carboxylic acid groups (broad SMARTS) is 1. The van der Waals surface area contributed by atoms with E-state index in [1.165, 1.54) is 18.2 Å². The van der Waals surface area contributed by atoms with Gasteiger partial charge in [0.05, 0.1) is 0 Å². The highest BCUT2D eigenvalue weighted by atomic mass is 35.5. The molecule has 0 amide bonds. The van der Waals surface area contributed by atoms with Gasteiger partial charge in [-0.3, -0.25) is 0 Å². The molecule has 2 aromatic carbocycles. The molecule has 0 aliphatic carbocycles. The van der Waals surface area contributed by atoms with Crippen molar-refractivity contribution in [2.24, 2.45) is 0 Å². The Labute approximate surface area is 125 Å². The maximum absolute atomic E-state index is 10.8. The van der Waals surface area contributed by atoms with Crippen LogP contribution in [0.3, 0.4) is 0 Å². The molecule has 2 rings (SSSR count). The van der Waals surface area contributed by atoms with Crippen LogP contribution in [0.5, 0.6) is 11.5 Å². The van der Waals surface area contributed by atoms with Crippen LogP contribution in [0, 0.1) is 0 Å². The lowest BCUT2D eigenvalue weighted by Crippen LogP contribution is -1.99. The first-order valence-corrected chi connectivity index (χ1v) is 6.36. The van der Waals surface area contributed by atoms with E-state index in [1.54, 1.807) is 18.2 Å². The Bertz CT molecular complexity index is 656. The van der Waals surface area contributed by atoms with Crippen molar-refractivity contribution in [2.45, 2.75) is 6.61 Å². The molecule has 0 spiro atoms. The molecule has 6 heteroatoms. The minimum absolute atomic E-state index is 0.179. The lowest BCUT2D eigenvalue weighted by Gasteiger charge is -2.09.